The molecular weight excluding hydrogens is 533 g/mol. The summed E-state index contributed by atoms with van der Waals surface area (Å²) in [6, 6.07) is 11.5. The van der Waals surface area contributed by atoms with Crippen molar-refractivity contribution in [2.45, 2.75) is 23.8 Å². The monoisotopic (exact) mass is 555 g/mol. The second kappa shape index (κ2) is 11.3. The van der Waals surface area contributed by atoms with Gasteiger partial charge in [-0.05, 0) is 49.7 Å². The molecule has 13 heteroatoms. The lowest BCUT2D eigenvalue weighted by Crippen LogP contribution is -2.38. The molecule has 3 N–H and O–H groups in total. The van der Waals surface area contributed by atoms with Gasteiger partial charge in [0.2, 0.25) is 11.8 Å². The van der Waals surface area contributed by atoms with Gasteiger partial charge >= 0.3 is 0 Å². The summed E-state index contributed by atoms with van der Waals surface area (Å²) in [5.41, 5.74) is 0.926. The second-order valence-corrected chi connectivity index (χ2v) is 10.5. The number of anilines is 2. The van der Waals surface area contributed by atoms with Gasteiger partial charge in [0.1, 0.15) is 11.2 Å². The van der Waals surface area contributed by atoms with Gasteiger partial charge in [0.05, 0.1) is 22.0 Å². The predicted molar refractivity (Wildman–Crippen MR) is 141 cm³/mol. The number of hydrogen-bond acceptors (Lipinski definition) is 9. The molecule has 0 amide bonds. The van der Waals surface area contributed by atoms with E-state index in [9.17, 15) is 12.8 Å². The summed E-state index contributed by atoms with van der Waals surface area (Å²) < 4.78 is 48.4. The van der Waals surface area contributed by atoms with Crippen LogP contribution in [0, 0.1) is 5.82 Å². The molecule has 1 aliphatic heterocycles. The second-order valence-electron chi connectivity index (χ2n) is 8.48. The molecule has 0 radical (unpaired) electrons. The van der Waals surface area contributed by atoms with Crippen molar-refractivity contribution < 1.29 is 17.5 Å². The summed E-state index contributed by atoms with van der Waals surface area (Å²) in [6.45, 7) is 1.81. The lowest BCUT2D eigenvalue weighted by atomic mass is 10.1. The molecule has 1 atom stereocenters. The highest BCUT2D eigenvalue weighted by Gasteiger charge is 2.20. The zero-order valence-corrected chi connectivity index (χ0v) is 21.5. The maximum absolute atomic E-state index is 15.0. The van der Waals surface area contributed by atoms with E-state index in [-0.39, 0.29) is 33.3 Å². The molecule has 0 saturated carbocycles. The molecule has 1 fully saturated rings. The number of piperidine rings is 1. The van der Waals surface area contributed by atoms with Gasteiger partial charge in [-0.1, -0.05) is 23.7 Å². The molecule has 0 spiro atoms. The summed E-state index contributed by atoms with van der Waals surface area (Å²) in [7, 11) is -4.02. The van der Waals surface area contributed by atoms with E-state index in [1.807, 2.05) is 0 Å². The van der Waals surface area contributed by atoms with Crippen LogP contribution >= 0.6 is 11.6 Å². The largest absolute Gasteiger partial charge is 0.435 e. The number of nitrogens with zero attached hydrogens (tertiary/aromatic N) is 4. The van der Waals surface area contributed by atoms with Crippen LogP contribution in [-0.2, 0) is 10.0 Å². The van der Waals surface area contributed by atoms with Gasteiger partial charge in [0.25, 0.3) is 10.0 Å². The fourth-order valence-electron chi connectivity index (χ4n) is 3.94. The van der Waals surface area contributed by atoms with Gasteiger partial charge in [0.15, 0.2) is 11.6 Å². The van der Waals surface area contributed by atoms with Crippen LogP contribution in [0.4, 0.5) is 16.0 Å². The molecule has 10 nitrogen and oxygen atoms in total. The van der Waals surface area contributed by atoms with Crippen LogP contribution in [0.1, 0.15) is 12.8 Å². The summed E-state index contributed by atoms with van der Waals surface area (Å²) in [4.78, 5) is 16.9. The maximum atomic E-state index is 15.0. The minimum absolute atomic E-state index is 0.00130. The van der Waals surface area contributed by atoms with Crippen LogP contribution in [0.25, 0.3) is 11.3 Å². The minimum Gasteiger partial charge on any atom is -0.435 e. The summed E-state index contributed by atoms with van der Waals surface area (Å²) >= 11 is 6.00. The van der Waals surface area contributed by atoms with Crippen LogP contribution in [-0.4, -0.2) is 47.5 Å². The number of sulfonamides is 1. The molecule has 1 aliphatic rings. The Balaban J connectivity index is 1.35. The molecule has 4 aromatic rings. The molecule has 0 aliphatic carbocycles. The van der Waals surface area contributed by atoms with E-state index in [2.05, 4.69) is 35.3 Å². The molecule has 0 unspecified atom stereocenters. The van der Waals surface area contributed by atoms with Gasteiger partial charge < -0.3 is 15.4 Å². The highest BCUT2D eigenvalue weighted by atomic mass is 35.5. The van der Waals surface area contributed by atoms with Crippen molar-refractivity contribution in [1.29, 1.82) is 0 Å². The fraction of sp³-hybridized carbons (Fsp3) is 0.200. The standard InChI is InChI=1S/C25H23ClFN7O3S/c26-19-5-1-2-6-23(19)38(35,36)34-16-7-8-22(20(27)12-16)37-24-18(14-29-15-31-24)21-9-11-30-25(33-21)32-17-4-3-10-28-13-17/h1-2,5-9,11-12,14-15,17,28,34H,3-4,10,13H2,(H,30,32,33)/t17-/m0/s1. The number of rotatable bonds is 8. The van der Waals surface area contributed by atoms with Gasteiger partial charge in [-0.2, -0.15) is 0 Å². The zero-order chi connectivity index (χ0) is 26.5. The number of hydrogen-bond donors (Lipinski definition) is 3. The molecule has 38 heavy (non-hydrogen) atoms. The van der Waals surface area contributed by atoms with Crippen LogP contribution in [0.2, 0.25) is 5.02 Å². The van der Waals surface area contributed by atoms with Gasteiger partial charge in [-0.25, -0.2) is 32.7 Å². The lowest BCUT2D eigenvalue weighted by molar-refractivity contribution is 0.428. The molecule has 5 rings (SSSR count). The Labute approximate surface area is 223 Å². The number of aromatic nitrogens is 4. The Morgan fingerprint density at radius 1 is 1.13 bits per heavy atom. The number of benzene rings is 2. The van der Waals surface area contributed by atoms with Crippen LogP contribution < -0.4 is 20.1 Å². The lowest BCUT2D eigenvalue weighted by Gasteiger charge is -2.23. The minimum atomic E-state index is -4.02. The van der Waals surface area contributed by atoms with Crippen molar-refractivity contribution in [1.82, 2.24) is 25.3 Å². The third-order valence-corrected chi connectivity index (χ3v) is 7.64. The van der Waals surface area contributed by atoms with Gasteiger partial charge in [-0.3, -0.25) is 4.72 Å². The van der Waals surface area contributed by atoms with E-state index in [0.717, 1.165) is 32.0 Å². The van der Waals surface area contributed by atoms with Crippen molar-refractivity contribution in [2.75, 3.05) is 23.1 Å². The molecule has 2 aromatic heterocycles. The van der Waals surface area contributed by atoms with E-state index in [1.165, 1.54) is 36.8 Å². The third kappa shape index (κ3) is 5.98. The normalized spacial score (nSPS) is 15.6. The van der Waals surface area contributed by atoms with Crippen LogP contribution in [0.15, 0.2) is 72.1 Å². The highest BCUT2D eigenvalue weighted by Crippen LogP contribution is 2.33. The third-order valence-electron chi connectivity index (χ3n) is 5.75. The number of halogens is 2. The Bertz CT molecular complexity index is 1550. The maximum Gasteiger partial charge on any atom is 0.263 e. The van der Waals surface area contributed by atoms with Crippen molar-refractivity contribution in [2.24, 2.45) is 0 Å². The van der Waals surface area contributed by atoms with E-state index in [4.69, 9.17) is 16.3 Å². The zero-order valence-electron chi connectivity index (χ0n) is 19.9. The molecule has 3 heterocycles. The van der Waals surface area contributed by atoms with Crippen molar-refractivity contribution in [3.05, 3.63) is 78.1 Å². The topological polar surface area (TPSA) is 131 Å². The number of nitrogens with one attached hydrogen (secondary N) is 3. The first-order valence-electron chi connectivity index (χ1n) is 11.7. The Kier molecular flexibility index (Phi) is 7.63. The first kappa shape index (κ1) is 25.8. The number of ether oxygens (including phenoxy) is 1. The average molecular weight is 556 g/mol. The van der Waals surface area contributed by atoms with E-state index in [1.54, 1.807) is 24.4 Å². The Hall–Kier alpha value is -3.87. The molecule has 1 saturated heterocycles. The SMILES string of the molecule is O=S(=O)(Nc1ccc(Oc2ncncc2-c2ccnc(N[C@H]3CCCNC3)n2)c(F)c1)c1ccccc1Cl. The van der Waals surface area contributed by atoms with Crippen molar-refractivity contribution in [3.63, 3.8) is 0 Å². The Morgan fingerprint density at radius 2 is 2.00 bits per heavy atom. The average Bonchev–Trinajstić information content (AvgIpc) is 2.91. The highest BCUT2D eigenvalue weighted by molar-refractivity contribution is 7.92. The first-order chi connectivity index (χ1) is 18.4. The quantitative estimate of drug-likeness (QED) is 0.288. The molecular formula is C25H23ClFN7O3S. The van der Waals surface area contributed by atoms with Crippen molar-refractivity contribution in [3.8, 4) is 22.9 Å². The van der Waals surface area contributed by atoms with Crippen LogP contribution in [0.5, 0.6) is 11.6 Å². The summed E-state index contributed by atoms with van der Waals surface area (Å²) in [5.74, 6) is -0.435. The predicted octanol–water partition coefficient (Wildman–Crippen LogP) is 4.48. The first-order valence-corrected chi connectivity index (χ1v) is 13.6. The molecule has 2 aromatic carbocycles. The molecule has 196 valence electrons. The van der Waals surface area contributed by atoms with E-state index >= 15 is 0 Å². The van der Waals surface area contributed by atoms with Crippen LogP contribution in [0.3, 0.4) is 0 Å². The van der Waals surface area contributed by atoms with Crippen molar-refractivity contribution >= 4 is 33.3 Å². The summed E-state index contributed by atoms with van der Waals surface area (Å²) in [5, 5.41) is 6.70. The van der Waals surface area contributed by atoms with Gasteiger partial charge in [-0.15, -0.1) is 0 Å². The molecule has 0 bridgehead atoms. The van der Waals surface area contributed by atoms with E-state index < -0.39 is 15.8 Å². The smallest absolute Gasteiger partial charge is 0.263 e. The fourth-order valence-corrected chi connectivity index (χ4v) is 5.51. The van der Waals surface area contributed by atoms with Gasteiger partial charge in [0, 0.05) is 31.0 Å². The summed E-state index contributed by atoms with van der Waals surface area (Å²) in [6.07, 6.45) is 6.47. The Morgan fingerprint density at radius 3 is 2.79 bits per heavy atom. The van der Waals surface area contributed by atoms with E-state index in [0.29, 0.717) is 17.2 Å².